The molecule has 0 unspecified atom stereocenters. The van der Waals surface area contributed by atoms with Crippen molar-refractivity contribution in [3.63, 3.8) is 0 Å². The molecule has 0 atom stereocenters. The van der Waals surface area contributed by atoms with E-state index >= 15 is 0 Å². The van der Waals surface area contributed by atoms with Crippen LogP contribution >= 0.6 is 0 Å². The van der Waals surface area contributed by atoms with E-state index in [1.165, 1.54) is 0 Å². The summed E-state index contributed by atoms with van der Waals surface area (Å²) in [6.45, 7) is 8.00. The van der Waals surface area contributed by atoms with Gasteiger partial charge in [-0.25, -0.2) is 0 Å². The molecule has 1 N–H and O–H groups in total. The van der Waals surface area contributed by atoms with Crippen molar-refractivity contribution < 1.29 is 18.0 Å². The smallest absolute Gasteiger partial charge is 0.382 e. The zero-order valence-corrected chi connectivity index (χ0v) is 16.6. The Kier molecular flexibility index (Phi) is 9.33. The Labute approximate surface area is 160 Å². The first-order valence-electron chi connectivity index (χ1n) is 9.78. The highest BCUT2D eigenvalue weighted by Crippen LogP contribution is 2.38. The average Bonchev–Trinajstić information content (AvgIpc) is 2.70. The zero-order valence-electron chi connectivity index (χ0n) is 16.6. The topological polar surface area (TPSA) is 29.1 Å². The molecular formula is C22H30F3NO. The lowest BCUT2D eigenvalue weighted by molar-refractivity contribution is -0.182. The predicted octanol–water partition coefficient (Wildman–Crippen LogP) is 7.24. The predicted molar refractivity (Wildman–Crippen MR) is 107 cm³/mol. The molecule has 0 saturated heterocycles. The van der Waals surface area contributed by atoms with Gasteiger partial charge in [-0.2, -0.15) is 13.2 Å². The highest BCUT2D eigenvalue weighted by Gasteiger charge is 2.41. The lowest BCUT2D eigenvalue weighted by Gasteiger charge is -2.30. The number of alkyl halides is 3. The minimum Gasteiger partial charge on any atom is -0.382 e. The second-order valence-electron chi connectivity index (χ2n) is 6.17. The van der Waals surface area contributed by atoms with Gasteiger partial charge < -0.3 is 5.32 Å². The summed E-state index contributed by atoms with van der Waals surface area (Å²) < 4.78 is 38.1. The lowest BCUT2D eigenvalue weighted by atomic mass is 9.85. The molecule has 3 rings (SSSR count). The molecule has 0 bridgehead atoms. The van der Waals surface area contributed by atoms with Crippen molar-refractivity contribution in [2.75, 3.05) is 5.32 Å². The largest absolute Gasteiger partial charge is 0.391 e. The maximum atomic E-state index is 12.7. The third kappa shape index (κ3) is 6.56. The first-order chi connectivity index (χ1) is 13.0. The van der Waals surface area contributed by atoms with Gasteiger partial charge in [0.1, 0.15) is 6.29 Å². The molecule has 2 aromatic carbocycles. The van der Waals surface area contributed by atoms with Gasteiger partial charge in [-0.05, 0) is 54.7 Å². The summed E-state index contributed by atoms with van der Waals surface area (Å²) in [5.74, 6) is -1.15. The van der Waals surface area contributed by atoms with Crippen LogP contribution in [0.15, 0.2) is 36.4 Å². The standard InChI is InChI=1S/C18H18F3NO.2C2H6/c19-18(20,21)15-4-7-16(8-5-15)22-17-6-3-13-9-12(11-23)1-2-14(13)10-17;2*1-2/h1-3,6,9-11,15-16,22H,4-5,7-8H2;2*1-2H3. The molecule has 1 saturated carbocycles. The number of hydrogen-bond donors (Lipinski definition) is 1. The SMILES string of the molecule is CC.CC.O=Cc1ccc2cc(NC3CCC(C(F)(F)F)CC3)ccc2c1. The quantitative estimate of drug-likeness (QED) is 0.568. The van der Waals surface area contributed by atoms with Crippen molar-refractivity contribution in [2.24, 2.45) is 5.92 Å². The van der Waals surface area contributed by atoms with Crippen LogP contribution in [0.4, 0.5) is 18.9 Å². The molecule has 5 heteroatoms. The summed E-state index contributed by atoms with van der Waals surface area (Å²) in [6.07, 6.45) is -1.80. The van der Waals surface area contributed by atoms with Gasteiger partial charge in [0.2, 0.25) is 0 Å². The zero-order chi connectivity index (χ0) is 20.4. The molecule has 1 aliphatic carbocycles. The number of aldehydes is 1. The highest BCUT2D eigenvalue weighted by atomic mass is 19.4. The highest BCUT2D eigenvalue weighted by molar-refractivity contribution is 5.90. The summed E-state index contributed by atoms with van der Waals surface area (Å²) in [4.78, 5) is 10.8. The maximum Gasteiger partial charge on any atom is 0.391 e. The van der Waals surface area contributed by atoms with Crippen molar-refractivity contribution in [2.45, 2.75) is 65.6 Å². The second-order valence-corrected chi connectivity index (χ2v) is 6.17. The lowest BCUT2D eigenvalue weighted by Crippen LogP contribution is -2.32. The number of halogens is 3. The van der Waals surface area contributed by atoms with E-state index in [-0.39, 0.29) is 18.9 Å². The molecule has 27 heavy (non-hydrogen) atoms. The van der Waals surface area contributed by atoms with E-state index in [1.54, 1.807) is 6.07 Å². The van der Waals surface area contributed by atoms with Gasteiger partial charge in [-0.1, -0.05) is 45.9 Å². The van der Waals surface area contributed by atoms with E-state index in [9.17, 15) is 18.0 Å². The van der Waals surface area contributed by atoms with E-state index in [4.69, 9.17) is 0 Å². The number of fused-ring (bicyclic) bond motifs is 1. The van der Waals surface area contributed by atoms with Crippen LogP contribution in [0.2, 0.25) is 0 Å². The van der Waals surface area contributed by atoms with Crippen molar-refractivity contribution in [3.05, 3.63) is 42.0 Å². The number of nitrogens with one attached hydrogen (secondary N) is 1. The van der Waals surface area contributed by atoms with Crippen LogP contribution in [0.25, 0.3) is 10.8 Å². The number of rotatable bonds is 3. The van der Waals surface area contributed by atoms with Gasteiger partial charge in [-0.3, -0.25) is 4.79 Å². The Bertz CT molecular complexity index is 704. The summed E-state index contributed by atoms with van der Waals surface area (Å²) in [6, 6.07) is 11.3. The van der Waals surface area contributed by atoms with Gasteiger partial charge in [0, 0.05) is 17.3 Å². The van der Waals surface area contributed by atoms with Crippen molar-refractivity contribution in [1.29, 1.82) is 0 Å². The molecule has 0 radical (unpaired) electrons. The Balaban J connectivity index is 0.000000855. The Morgan fingerprint density at radius 3 is 2.00 bits per heavy atom. The molecule has 2 nitrogen and oxygen atoms in total. The van der Waals surface area contributed by atoms with Crippen molar-refractivity contribution >= 4 is 22.7 Å². The van der Waals surface area contributed by atoms with Crippen LogP contribution in [-0.4, -0.2) is 18.5 Å². The van der Waals surface area contributed by atoms with Crippen molar-refractivity contribution in [3.8, 4) is 0 Å². The summed E-state index contributed by atoms with van der Waals surface area (Å²) >= 11 is 0. The van der Waals surface area contributed by atoms with E-state index in [1.807, 2.05) is 58.0 Å². The van der Waals surface area contributed by atoms with Crippen LogP contribution in [-0.2, 0) is 0 Å². The second kappa shape index (κ2) is 11.0. The van der Waals surface area contributed by atoms with Crippen LogP contribution in [0, 0.1) is 5.92 Å². The summed E-state index contributed by atoms with van der Waals surface area (Å²) in [7, 11) is 0. The van der Waals surface area contributed by atoms with Crippen molar-refractivity contribution in [1.82, 2.24) is 0 Å². The Morgan fingerprint density at radius 2 is 1.44 bits per heavy atom. The van der Waals surface area contributed by atoms with Gasteiger partial charge in [0.15, 0.2) is 0 Å². The van der Waals surface area contributed by atoms with Gasteiger partial charge >= 0.3 is 6.18 Å². The number of benzene rings is 2. The third-order valence-electron chi connectivity index (χ3n) is 4.56. The molecule has 0 spiro atoms. The fourth-order valence-corrected chi connectivity index (χ4v) is 3.23. The van der Waals surface area contributed by atoms with Crippen LogP contribution < -0.4 is 5.32 Å². The van der Waals surface area contributed by atoms with Crippen LogP contribution in [0.3, 0.4) is 0 Å². The molecule has 2 aromatic rings. The molecule has 150 valence electrons. The first-order valence-corrected chi connectivity index (χ1v) is 9.78. The van der Waals surface area contributed by atoms with Gasteiger partial charge in [0.05, 0.1) is 5.92 Å². The number of carbonyl (C=O) groups excluding carboxylic acids is 1. The van der Waals surface area contributed by atoms with Crippen LogP contribution in [0.5, 0.6) is 0 Å². The monoisotopic (exact) mass is 381 g/mol. The number of anilines is 1. The fraction of sp³-hybridized carbons (Fsp3) is 0.500. The summed E-state index contributed by atoms with van der Waals surface area (Å²) in [5.41, 5.74) is 1.54. The average molecular weight is 381 g/mol. The molecule has 0 aliphatic heterocycles. The molecule has 0 heterocycles. The van der Waals surface area contributed by atoms with Gasteiger partial charge in [-0.15, -0.1) is 0 Å². The molecule has 0 amide bonds. The van der Waals surface area contributed by atoms with Gasteiger partial charge in [0.25, 0.3) is 0 Å². The normalized spacial score (nSPS) is 19.2. The van der Waals surface area contributed by atoms with E-state index in [0.29, 0.717) is 18.4 Å². The van der Waals surface area contributed by atoms with E-state index in [0.717, 1.165) is 22.7 Å². The van der Waals surface area contributed by atoms with E-state index in [2.05, 4.69) is 5.32 Å². The molecule has 1 aliphatic rings. The Hall–Kier alpha value is -2.04. The third-order valence-corrected chi connectivity index (χ3v) is 4.56. The number of hydrogen-bond acceptors (Lipinski definition) is 2. The minimum atomic E-state index is -4.07. The molecule has 0 aromatic heterocycles. The minimum absolute atomic E-state index is 0.0836. The summed E-state index contributed by atoms with van der Waals surface area (Å²) in [5, 5.41) is 5.31. The number of carbonyl (C=O) groups is 1. The Morgan fingerprint density at radius 1 is 0.889 bits per heavy atom. The molecule has 1 fully saturated rings. The fourth-order valence-electron chi connectivity index (χ4n) is 3.23. The molecular weight excluding hydrogens is 351 g/mol. The van der Waals surface area contributed by atoms with Crippen LogP contribution in [0.1, 0.15) is 63.7 Å². The first kappa shape index (κ1) is 23.0. The maximum absolute atomic E-state index is 12.7. The van der Waals surface area contributed by atoms with E-state index < -0.39 is 12.1 Å².